The highest BCUT2D eigenvalue weighted by Gasteiger charge is 2.29. The van der Waals surface area contributed by atoms with Gasteiger partial charge in [0.15, 0.2) is 9.84 Å². The fourth-order valence-electron chi connectivity index (χ4n) is 2.98. The lowest BCUT2D eigenvalue weighted by molar-refractivity contribution is -0.135. The fourth-order valence-corrected chi connectivity index (χ4v) is 4.52. The molecule has 1 aromatic rings. The maximum Gasteiger partial charge on any atom is 0.226 e. The van der Waals surface area contributed by atoms with Crippen LogP contribution in [-0.4, -0.2) is 51.7 Å². The topological polar surface area (TPSA) is 89.7 Å². The van der Waals surface area contributed by atoms with Gasteiger partial charge >= 0.3 is 0 Å². The Morgan fingerprint density at radius 3 is 2.32 bits per heavy atom. The Morgan fingerprint density at radius 2 is 1.84 bits per heavy atom. The number of halogens is 1. The summed E-state index contributed by atoms with van der Waals surface area (Å²) in [5, 5.41) is 0. The Hall–Kier alpha value is -1.31. The number of piperidine rings is 1. The molecule has 1 fully saturated rings. The van der Waals surface area contributed by atoms with E-state index in [9.17, 15) is 13.2 Å². The Kier molecular flexibility index (Phi) is 8.18. The van der Waals surface area contributed by atoms with Crippen molar-refractivity contribution in [3.63, 3.8) is 0 Å². The molecule has 1 atom stereocenters. The molecule has 1 heterocycles. The molecule has 0 bridgehead atoms. The van der Waals surface area contributed by atoms with Crippen LogP contribution in [0.1, 0.15) is 19.8 Å². The van der Waals surface area contributed by atoms with Crippen molar-refractivity contribution >= 4 is 28.2 Å². The second-order valence-corrected chi connectivity index (χ2v) is 8.40. The van der Waals surface area contributed by atoms with Crippen LogP contribution in [0, 0.1) is 11.8 Å². The molecular formula is C17H27ClN2O4S. The Morgan fingerprint density at radius 1 is 1.28 bits per heavy atom. The Bertz CT molecular complexity index is 656. The number of sulfone groups is 1. The van der Waals surface area contributed by atoms with Crippen molar-refractivity contribution in [2.45, 2.75) is 24.7 Å². The molecule has 0 aliphatic carbocycles. The van der Waals surface area contributed by atoms with Gasteiger partial charge in [-0.25, -0.2) is 8.42 Å². The highest BCUT2D eigenvalue weighted by atomic mass is 35.5. The molecule has 1 amide bonds. The number of nitrogens with two attached hydrogens (primary N) is 1. The number of amides is 1. The molecule has 25 heavy (non-hydrogen) atoms. The van der Waals surface area contributed by atoms with Gasteiger partial charge in [-0.2, -0.15) is 0 Å². The van der Waals surface area contributed by atoms with Crippen molar-refractivity contribution in [2.75, 3.05) is 32.5 Å². The van der Waals surface area contributed by atoms with Gasteiger partial charge in [0, 0.05) is 19.0 Å². The highest BCUT2D eigenvalue weighted by molar-refractivity contribution is 7.91. The lowest BCUT2D eigenvalue weighted by atomic mass is 9.96. The second-order valence-electron chi connectivity index (χ2n) is 6.36. The molecule has 1 aliphatic heterocycles. The molecule has 0 saturated carbocycles. The van der Waals surface area contributed by atoms with Crippen LogP contribution in [0.15, 0.2) is 29.2 Å². The van der Waals surface area contributed by atoms with E-state index in [4.69, 9.17) is 10.5 Å². The van der Waals surface area contributed by atoms with Crippen LogP contribution < -0.4 is 10.5 Å². The Balaban J connectivity index is 0.00000312. The number of hydrogen-bond acceptors (Lipinski definition) is 5. The van der Waals surface area contributed by atoms with Crippen LogP contribution in [0.5, 0.6) is 5.75 Å². The summed E-state index contributed by atoms with van der Waals surface area (Å²) in [6.07, 6.45) is 1.78. The average Bonchev–Trinajstić information content (AvgIpc) is 2.60. The first kappa shape index (κ1) is 21.7. The molecule has 0 aromatic heterocycles. The molecular weight excluding hydrogens is 364 g/mol. The standard InChI is InChI=1S/C17H26N2O4S.ClH/c1-13(17(20)19-9-7-14(11-18)8-10-19)12-24(21,22)16-5-3-15(23-2)4-6-16;/h3-6,13-14H,7-12,18H2,1-2H3;1H. The van der Waals surface area contributed by atoms with Gasteiger partial charge < -0.3 is 15.4 Å². The molecule has 2 N–H and O–H groups in total. The number of carbonyl (C=O) groups excluding carboxylic acids is 1. The first-order chi connectivity index (χ1) is 11.4. The summed E-state index contributed by atoms with van der Waals surface area (Å²) in [6.45, 7) is 3.64. The highest BCUT2D eigenvalue weighted by Crippen LogP contribution is 2.21. The number of nitrogens with zero attached hydrogens (tertiary/aromatic N) is 1. The van der Waals surface area contributed by atoms with Gasteiger partial charge in [0.05, 0.1) is 17.8 Å². The first-order valence-corrected chi connectivity index (χ1v) is 9.88. The minimum atomic E-state index is -3.51. The average molecular weight is 391 g/mol. The third-order valence-electron chi connectivity index (χ3n) is 4.57. The molecule has 1 aromatic carbocycles. The summed E-state index contributed by atoms with van der Waals surface area (Å²) < 4.78 is 30.0. The quantitative estimate of drug-likeness (QED) is 0.798. The molecule has 0 spiro atoms. The maximum absolute atomic E-state index is 12.5. The van der Waals surface area contributed by atoms with Crippen LogP contribution in [0.3, 0.4) is 0 Å². The molecule has 8 heteroatoms. The van der Waals surface area contributed by atoms with E-state index in [2.05, 4.69) is 0 Å². The third kappa shape index (κ3) is 5.59. The Labute approximate surface area is 156 Å². The van der Waals surface area contributed by atoms with Crippen molar-refractivity contribution in [2.24, 2.45) is 17.6 Å². The van der Waals surface area contributed by atoms with Gasteiger partial charge in [-0.1, -0.05) is 6.92 Å². The van der Waals surface area contributed by atoms with E-state index in [0.29, 0.717) is 31.3 Å². The summed E-state index contributed by atoms with van der Waals surface area (Å²) in [4.78, 5) is 14.5. The third-order valence-corrected chi connectivity index (χ3v) is 6.50. The van der Waals surface area contributed by atoms with Crippen LogP contribution >= 0.6 is 12.4 Å². The van der Waals surface area contributed by atoms with Gasteiger partial charge in [-0.15, -0.1) is 12.4 Å². The number of likely N-dealkylation sites (tertiary alicyclic amines) is 1. The predicted octanol–water partition coefficient (Wildman–Crippen LogP) is 1.72. The zero-order chi connectivity index (χ0) is 17.7. The van der Waals surface area contributed by atoms with Gasteiger partial charge in [0.2, 0.25) is 5.91 Å². The van der Waals surface area contributed by atoms with E-state index in [1.54, 1.807) is 24.0 Å². The summed E-state index contributed by atoms with van der Waals surface area (Å²) >= 11 is 0. The monoisotopic (exact) mass is 390 g/mol. The van der Waals surface area contributed by atoms with E-state index in [1.165, 1.54) is 19.2 Å². The van der Waals surface area contributed by atoms with Crippen LogP contribution in [0.4, 0.5) is 0 Å². The van der Waals surface area contributed by atoms with Crippen molar-refractivity contribution in [3.05, 3.63) is 24.3 Å². The van der Waals surface area contributed by atoms with Crippen LogP contribution in [0.2, 0.25) is 0 Å². The van der Waals surface area contributed by atoms with Crippen LogP contribution in [-0.2, 0) is 14.6 Å². The number of hydrogen-bond donors (Lipinski definition) is 1. The zero-order valence-corrected chi connectivity index (χ0v) is 16.3. The molecule has 1 aliphatic rings. The summed E-state index contributed by atoms with van der Waals surface area (Å²) in [5.41, 5.74) is 5.66. The first-order valence-electron chi connectivity index (χ1n) is 8.23. The van der Waals surface area contributed by atoms with Crippen molar-refractivity contribution in [1.29, 1.82) is 0 Å². The zero-order valence-electron chi connectivity index (χ0n) is 14.7. The van der Waals surface area contributed by atoms with E-state index in [-0.39, 0.29) is 29.0 Å². The van der Waals surface area contributed by atoms with Crippen molar-refractivity contribution < 1.29 is 17.9 Å². The van der Waals surface area contributed by atoms with Crippen molar-refractivity contribution in [3.8, 4) is 5.75 Å². The maximum atomic E-state index is 12.5. The number of carbonyl (C=O) groups is 1. The van der Waals surface area contributed by atoms with E-state index in [1.807, 2.05) is 0 Å². The number of ether oxygens (including phenoxy) is 1. The number of rotatable bonds is 6. The largest absolute Gasteiger partial charge is 0.497 e. The smallest absolute Gasteiger partial charge is 0.226 e. The van der Waals surface area contributed by atoms with E-state index in [0.717, 1.165) is 12.8 Å². The summed E-state index contributed by atoms with van der Waals surface area (Å²) in [7, 11) is -1.98. The lowest BCUT2D eigenvalue weighted by Gasteiger charge is -2.33. The minimum Gasteiger partial charge on any atom is -0.497 e. The fraction of sp³-hybridized carbons (Fsp3) is 0.588. The molecule has 2 rings (SSSR count). The summed E-state index contributed by atoms with van der Waals surface area (Å²) in [5.74, 6) is 0.219. The lowest BCUT2D eigenvalue weighted by Crippen LogP contribution is -2.43. The van der Waals surface area contributed by atoms with Gasteiger partial charge in [0.25, 0.3) is 0 Å². The number of methoxy groups -OCH3 is 1. The van der Waals surface area contributed by atoms with E-state index < -0.39 is 15.8 Å². The molecule has 6 nitrogen and oxygen atoms in total. The van der Waals surface area contributed by atoms with Gasteiger partial charge in [-0.05, 0) is 49.6 Å². The van der Waals surface area contributed by atoms with E-state index >= 15 is 0 Å². The number of benzene rings is 1. The van der Waals surface area contributed by atoms with Gasteiger partial charge in [-0.3, -0.25) is 4.79 Å². The minimum absolute atomic E-state index is 0. The van der Waals surface area contributed by atoms with Gasteiger partial charge in [0.1, 0.15) is 5.75 Å². The normalized spacial score (nSPS) is 16.8. The summed E-state index contributed by atoms with van der Waals surface area (Å²) in [6, 6.07) is 6.24. The SMILES string of the molecule is COc1ccc(S(=O)(=O)CC(C)C(=O)N2CCC(CN)CC2)cc1.Cl. The molecule has 1 saturated heterocycles. The molecule has 142 valence electrons. The second kappa shape index (κ2) is 9.40. The predicted molar refractivity (Wildman–Crippen MR) is 99.8 cm³/mol. The van der Waals surface area contributed by atoms with Crippen LogP contribution in [0.25, 0.3) is 0 Å². The molecule has 1 unspecified atom stereocenters. The van der Waals surface area contributed by atoms with Crippen molar-refractivity contribution in [1.82, 2.24) is 4.90 Å². The molecule has 0 radical (unpaired) electrons.